The van der Waals surface area contributed by atoms with Crippen molar-refractivity contribution >= 4 is 66.8 Å². The zero-order valence-electron chi connectivity index (χ0n) is 37.5. The van der Waals surface area contributed by atoms with Gasteiger partial charge < -0.3 is 19.0 Å². The van der Waals surface area contributed by atoms with Crippen LogP contribution in [0.2, 0.25) is 0 Å². The van der Waals surface area contributed by atoms with Gasteiger partial charge in [0, 0.05) is 38.8 Å². The number of nitrogens with zero attached hydrogens (tertiary/aromatic N) is 2. The van der Waals surface area contributed by atoms with Gasteiger partial charge >= 0.3 is 0 Å². The SMILES string of the molecule is c1ccc(N(c2ccccc2)c2cccc3c2Oc2c(N(c4ccc5c(c4)C(c4ccccc4)(c4ccccc4)c4ccccc4-5)c4cccc5c4oc4ccccc45)ccc4cccc-3c24)cc1. The van der Waals surface area contributed by atoms with Gasteiger partial charge in [0.2, 0.25) is 0 Å². The fourth-order valence-corrected chi connectivity index (χ4v) is 11.4. The molecule has 0 spiro atoms. The molecular weight excluding hydrogens is 841 g/mol. The van der Waals surface area contributed by atoms with Crippen molar-refractivity contribution in [3.8, 4) is 33.8 Å². The van der Waals surface area contributed by atoms with Crippen molar-refractivity contribution in [1.29, 1.82) is 0 Å². The third kappa shape index (κ3) is 5.82. The van der Waals surface area contributed by atoms with Crippen molar-refractivity contribution in [3.05, 3.63) is 277 Å². The minimum absolute atomic E-state index is 0.602. The van der Waals surface area contributed by atoms with E-state index in [4.69, 9.17) is 9.15 Å². The predicted octanol–water partition coefficient (Wildman–Crippen LogP) is 17.8. The Morgan fingerprint density at radius 3 is 1.65 bits per heavy atom. The van der Waals surface area contributed by atoms with Crippen LogP contribution in [0.5, 0.6) is 11.5 Å². The molecule has 4 heteroatoms. The van der Waals surface area contributed by atoms with Crippen LogP contribution in [0.1, 0.15) is 22.3 Å². The Bertz CT molecular complexity index is 3860. The van der Waals surface area contributed by atoms with Crippen LogP contribution in [-0.4, -0.2) is 0 Å². The summed E-state index contributed by atoms with van der Waals surface area (Å²) in [5.74, 6) is 1.56. The molecule has 2 heterocycles. The first-order valence-corrected chi connectivity index (χ1v) is 23.6. The molecule has 0 amide bonds. The van der Waals surface area contributed by atoms with Gasteiger partial charge in [-0.2, -0.15) is 0 Å². The van der Waals surface area contributed by atoms with E-state index in [0.29, 0.717) is 0 Å². The molecular formula is C65H42N2O2. The highest BCUT2D eigenvalue weighted by molar-refractivity contribution is 6.13. The number of fused-ring (bicyclic) bond motifs is 8. The smallest absolute Gasteiger partial charge is 0.160 e. The molecule has 1 aliphatic heterocycles. The van der Waals surface area contributed by atoms with E-state index in [1.165, 1.54) is 33.4 Å². The zero-order chi connectivity index (χ0) is 45.5. The van der Waals surface area contributed by atoms with E-state index in [1.807, 2.05) is 6.07 Å². The molecule has 324 valence electrons. The lowest BCUT2D eigenvalue weighted by Gasteiger charge is -2.35. The Morgan fingerprint density at radius 1 is 0.333 bits per heavy atom. The molecule has 0 unspecified atom stereocenters. The number of benzene rings is 11. The number of rotatable bonds is 8. The summed E-state index contributed by atoms with van der Waals surface area (Å²) >= 11 is 0. The summed E-state index contributed by atoms with van der Waals surface area (Å²) in [5, 5.41) is 4.28. The summed E-state index contributed by atoms with van der Waals surface area (Å²) in [6, 6.07) is 91.5. The Hall–Kier alpha value is -9.12. The molecule has 0 atom stereocenters. The molecule has 0 saturated carbocycles. The largest absolute Gasteiger partial charge is 0.454 e. The first-order chi connectivity index (χ1) is 34.3. The van der Waals surface area contributed by atoms with Crippen LogP contribution in [0.4, 0.5) is 34.1 Å². The second kappa shape index (κ2) is 15.5. The number of hydrogen-bond donors (Lipinski definition) is 0. The number of anilines is 6. The predicted molar refractivity (Wildman–Crippen MR) is 283 cm³/mol. The summed E-state index contributed by atoms with van der Waals surface area (Å²) in [5.41, 5.74) is 16.4. The monoisotopic (exact) mass is 882 g/mol. The third-order valence-electron chi connectivity index (χ3n) is 14.3. The van der Waals surface area contributed by atoms with Crippen LogP contribution >= 0.6 is 0 Å². The fourth-order valence-electron chi connectivity index (χ4n) is 11.4. The van der Waals surface area contributed by atoms with Crippen LogP contribution < -0.4 is 14.5 Å². The Balaban J connectivity index is 1.06. The van der Waals surface area contributed by atoms with E-state index < -0.39 is 5.41 Å². The van der Waals surface area contributed by atoms with Crippen molar-refractivity contribution < 1.29 is 9.15 Å². The molecule has 0 radical (unpaired) electrons. The summed E-state index contributed by atoms with van der Waals surface area (Å²) in [6.45, 7) is 0. The molecule has 11 aromatic carbocycles. The lowest BCUT2D eigenvalue weighted by atomic mass is 9.67. The molecule has 0 fully saturated rings. The van der Waals surface area contributed by atoms with E-state index in [1.54, 1.807) is 0 Å². The molecule has 0 N–H and O–H groups in total. The normalized spacial score (nSPS) is 12.9. The fraction of sp³-hybridized carbons (Fsp3) is 0.0154. The Morgan fingerprint density at radius 2 is 0.899 bits per heavy atom. The lowest BCUT2D eigenvalue weighted by Crippen LogP contribution is -2.28. The summed E-state index contributed by atoms with van der Waals surface area (Å²) in [4.78, 5) is 4.67. The molecule has 0 saturated heterocycles. The molecule has 69 heavy (non-hydrogen) atoms. The third-order valence-corrected chi connectivity index (χ3v) is 14.3. The molecule has 2 aliphatic rings. The summed E-state index contributed by atoms with van der Waals surface area (Å²) in [6.07, 6.45) is 0. The lowest BCUT2D eigenvalue weighted by molar-refractivity contribution is 0.489. The van der Waals surface area contributed by atoms with Gasteiger partial charge in [0.15, 0.2) is 17.1 Å². The van der Waals surface area contributed by atoms with Crippen molar-refractivity contribution in [3.63, 3.8) is 0 Å². The van der Waals surface area contributed by atoms with E-state index >= 15 is 0 Å². The van der Waals surface area contributed by atoms with E-state index in [-0.39, 0.29) is 0 Å². The van der Waals surface area contributed by atoms with Gasteiger partial charge in [-0.1, -0.05) is 194 Å². The first-order valence-electron chi connectivity index (χ1n) is 23.6. The molecule has 1 aliphatic carbocycles. The Kier molecular flexibility index (Phi) is 8.77. The van der Waals surface area contributed by atoms with E-state index in [9.17, 15) is 0 Å². The van der Waals surface area contributed by atoms with Crippen LogP contribution in [-0.2, 0) is 5.41 Å². The van der Waals surface area contributed by atoms with Gasteiger partial charge in [-0.25, -0.2) is 0 Å². The average Bonchev–Trinajstić information content (AvgIpc) is 3.95. The minimum atomic E-state index is -0.602. The van der Waals surface area contributed by atoms with Crippen molar-refractivity contribution in [1.82, 2.24) is 0 Å². The minimum Gasteiger partial charge on any atom is -0.454 e. The quantitative estimate of drug-likeness (QED) is 0.152. The van der Waals surface area contributed by atoms with Crippen LogP contribution in [0, 0.1) is 0 Å². The molecule has 14 rings (SSSR count). The maximum Gasteiger partial charge on any atom is 0.160 e. The number of para-hydroxylation sites is 5. The maximum atomic E-state index is 7.64. The van der Waals surface area contributed by atoms with E-state index in [2.05, 4.69) is 259 Å². The van der Waals surface area contributed by atoms with Crippen molar-refractivity contribution in [2.24, 2.45) is 0 Å². The molecule has 4 nitrogen and oxygen atoms in total. The van der Waals surface area contributed by atoms with Gasteiger partial charge in [-0.3, -0.25) is 0 Å². The number of hydrogen-bond acceptors (Lipinski definition) is 4. The summed E-state index contributed by atoms with van der Waals surface area (Å²) < 4.78 is 14.6. The van der Waals surface area contributed by atoms with Gasteiger partial charge in [0.25, 0.3) is 0 Å². The van der Waals surface area contributed by atoms with Crippen LogP contribution in [0.15, 0.2) is 259 Å². The van der Waals surface area contributed by atoms with Gasteiger partial charge in [0.1, 0.15) is 5.58 Å². The van der Waals surface area contributed by atoms with E-state index in [0.717, 1.165) is 89.5 Å². The molecule has 0 bridgehead atoms. The Labute approximate surface area is 400 Å². The highest BCUT2D eigenvalue weighted by atomic mass is 16.5. The standard InChI is InChI=1S/C65H42N2O2/c1-5-21-44(22-6-1)65(45-23-7-2-8-24-45)55-34-15-13-29-49(55)50-40-39-48(42-56(50)65)67(58-36-18-32-53-51-30-14-16-37-60(51)68-62(53)58)59-41-38-43-20-17-31-52-54-33-19-35-57(63(54)69-64(59)61(43)52)66(46-25-9-3-10-26-46)47-27-11-4-12-28-47/h1-42H. The van der Waals surface area contributed by atoms with Crippen LogP contribution in [0.3, 0.4) is 0 Å². The second-order valence-corrected chi connectivity index (χ2v) is 17.9. The van der Waals surface area contributed by atoms with Crippen molar-refractivity contribution in [2.45, 2.75) is 5.41 Å². The molecule has 12 aromatic rings. The highest BCUT2D eigenvalue weighted by Crippen LogP contribution is 2.60. The summed E-state index contributed by atoms with van der Waals surface area (Å²) in [7, 11) is 0. The van der Waals surface area contributed by atoms with Gasteiger partial charge in [-0.15, -0.1) is 0 Å². The van der Waals surface area contributed by atoms with Gasteiger partial charge in [0.05, 0.1) is 22.5 Å². The number of ether oxygens (including phenoxy) is 1. The number of furan rings is 1. The highest BCUT2D eigenvalue weighted by Gasteiger charge is 2.46. The zero-order valence-corrected chi connectivity index (χ0v) is 37.5. The topological polar surface area (TPSA) is 28.9 Å². The average molecular weight is 883 g/mol. The van der Waals surface area contributed by atoms with Gasteiger partial charge in [-0.05, 0) is 105 Å². The maximum absolute atomic E-state index is 7.64. The van der Waals surface area contributed by atoms with Crippen LogP contribution in [0.25, 0.3) is 55.0 Å². The van der Waals surface area contributed by atoms with Crippen molar-refractivity contribution in [2.75, 3.05) is 9.80 Å². The first kappa shape index (κ1) is 39.1. The molecule has 1 aromatic heterocycles. The second-order valence-electron chi connectivity index (χ2n) is 17.9.